The van der Waals surface area contributed by atoms with Crippen molar-refractivity contribution in [2.75, 3.05) is 6.54 Å². The predicted octanol–water partition coefficient (Wildman–Crippen LogP) is 2.45. The lowest BCUT2D eigenvalue weighted by atomic mass is 10.1. The Morgan fingerprint density at radius 2 is 1.89 bits per heavy atom. The van der Waals surface area contributed by atoms with Crippen molar-refractivity contribution in [1.29, 1.82) is 0 Å². The highest BCUT2D eigenvalue weighted by atomic mass is 16.3. The third-order valence-electron chi connectivity index (χ3n) is 2.82. The Labute approximate surface area is 111 Å². The normalized spacial score (nSPS) is 10.2. The summed E-state index contributed by atoms with van der Waals surface area (Å²) in [4.78, 5) is 23.7. The van der Waals surface area contributed by atoms with Crippen LogP contribution in [0, 0.1) is 0 Å². The molecule has 0 atom stereocenters. The number of amides is 1. The van der Waals surface area contributed by atoms with Crippen LogP contribution < -0.4 is 5.32 Å². The standard InChI is InChI=1S/C15H15NO3/c1-2-14-12(8-9-19-14)15(18)16-10-13(17)11-6-4-3-5-7-11/h3-9H,2,10H2,1H3,(H,16,18). The van der Waals surface area contributed by atoms with Crippen LogP contribution in [0.4, 0.5) is 0 Å². The van der Waals surface area contributed by atoms with Crippen LogP contribution in [0.15, 0.2) is 47.1 Å². The van der Waals surface area contributed by atoms with E-state index in [-0.39, 0.29) is 18.2 Å². The van der Waals surface area contributed by atoms with E-state index in [1.165, 1.54) is 6.26 Å². The molecular formula is C15H15NO3. The molecule has 0 fully saturated rings. The molecule has 4 heteroatoms. The summed E-state index contributed by atoms with van der Waals surface area (Å²) in [6.07, 6.45) is 2.12. The molecule has 4 nitrogen and oxygen atoms in total. The van der Waals surface area contributed by atoms with Crippen LogP contribution in [0.1, 0.15) is 33.4 Å². The number of nitrogens with one attached hydrogen (secondary N) is 1. The number of rotatable bonds is 5. The van der Waals surface area contributed by atoms with E-state index in [1.54, 1.807) is 30.3 Å². The second kappa shape index (κ2) is 6.00. The molecule has 1 heterocycles. The highest BCUT2D eigenvalue weighted by Crippen LogP contribution is 2.10. The zero-order valence-corrected chi connectivity index (χ0v) is 10.7. The first-order valence-electron chi connectivity index (χ1n) is 6.15. The van der Waals surface area contributed by atoms with Gasteiger partial charge in [-0.15, -0.1) is 0 Å². The van der Waals surface area contributed by atoms with Crippen molar-refractivity contribution in [2.24, 2.45) is 0 Å². The van der Waals surface area contributed by atoms with Gasteiger partial charge in [-0.1, -0.05) is 37.3 Å². The number of carbonyl (C=O) groups excluding carboxylic acids is 2. The second-order valence-electron chi connectivity index (χ2n) is 4.08. The average Bonchev–Trinajstić information content (AvgIpc) is 2.93. The lowest BCUT2D eigenvalue weighted by Crippen LogP contribution is -2.29. The van der Waals surface area contributed by atoms with Crippen LogP contribution in [-0.2, 0) is 6.42 Å². The van der Waals surface area contributed by atoms with Crippen molar-refractivity contribution < 1.29 is 14.0 Å². The van der Waals surface area contributed by atoms with E-state index in [1.807, 2.05) is 13.0 Å². The Morgan fingerprint density at radius 3 is 2.58 bits per heavy atom. The number of hydrogen-bond acceptors (Lipinski definition) is 3. The highest BCUT2D eigenvalue weighted by Gasteiger charge is 2.14. The summed E-state index contributed by atoms with van der Waals surface area (Å²) in [5, 5.41) is 2.61. The molecule has 98 valence electrons. The first-order valence-corrected chi connectivity index (χ1v) is 6.15. The molecule has 0 unspecified atom stereocenters. The molecule has 19 heavy (non-hydrogen) atoms. The quantitative estimate of drug-likeness (QED) is 0.837. The molecule has 1 amide bonds. The Hall–Kier alpha value is -2.36. The summed E-state index contributed by atoms with van der Waals surface area (Å²) in [5.74, 6) is 0.232. The number of hydrogen-bond donors (Lipinski definition) is 1. The highest BCUT2D eigenvalue weighted by molar-refractivity contribution is 6.02. The number of aryl methyl sites for hydroxylation is 1. The summed E-state index contributed by atoms with van der Waals surface area (Å²) in [7, 11) is 0. The number of furan rings is 1. The van der Waals surface area contributed by atoms with Crippen LogP contribution in [0.3, 0.4) is 0 Å². The van der Waals surface area contributed by atoms with E-state index in [0.29, 0.717) is 23.3 Å². The molecule has 0 aliphatic carbocycles. The molecule has 0 saturated heterocycles. The second-order valence-corrected chi connectivity index (χ2v) is 4.08. The molecule has 1 N–H and O–H groups in total. The summed E-state index contributed by atoms with van der Waals surface area (Å²) in [6, 6.07) is 10.5. The minimum absolute atomic E-state index is 0.0167. The first-order chi connectivity index (χ1) is 9.22. The van der Waals surface area contributed by atoms with Gasteiger partial charge in [-0.05, 0) is 6.07 Å². The molecule has 0 saturated carbocycles. The average molecular weight is 257 g/mol. The number of benzene rings is 1. The molecule has 0 spiro atoms. The van der Waals surface area contributed by atoms with Gasteiger partial charge in [0.1, 0.15) is 5.76 Å². The zero-order chi connectivity index (χ0) is 13.7. The number of Topliss-reactive ketones (excluding diaryl/α,β-unsaturated/α-hetero) is 1. The maximum absolute atomic E-state index is 11.9. The molecule has 0 aliphatic heterocycles. The van der Waals surface area contributed by atoms with E-state index in [9.17, 15) is 9.59 Å². The zero-order valence-electron chi connectivity index (χ0n) is 10.7. The van der Waals surface area contributed by atoms with E-state index < -0.39 is 0 Å². The van der Waals surface area contributed by atoms with Crippen molar-refractivity contribution in [3.8, 4) is 0 Å². The summed E-state index contributed by atoms with van der Waals surface area (Å²) < 4.78 is 5.18. The minimum Gasteiger partial charge on any atom is -0.469 e. The fraction of sp³-hybridized carbons (Fsp3) is 0.200. The van der Waals surface area contributed by atoms with Crippen molar-refractivity contribution in [3.05, 3.63) is 59.5 Å². The molecule has 1 aromatic heterocycles. The monoisotopic (exact) mass is 257 g/mol. The van der Waals surface area contributed by atoms with Crippen LogP contribution in [0.5, 0.6) is 0 Å². The summed E-state index contributed by atoms with van der Waals surface area (Å²) in [6.45, 7) is 1.89. The molecule has 0 aliphatic rings. The van der Waals surface area contributed by atoms with Gasteiger partial charge < -0.3 is 9.73 Å². The topological polar surface area (TPSA) is 59.3 Å². The lowest BCUT2D eigenvalue weighted by molar-refractivity contribution is 0.0902. The Balaban J connectivity index is 1.96. The van der Waals surface area contributed by atoms with E-state index in [4.69, 9.17) is 4.42 Å². The van der Waals surface area contributed by atoms with Crippen molar-refractivity contribution in [1.82, 2.24) is 5.32 Å². The third kappa shape index (κ3) is 3.10. The van der Waals surface area contributed by atoms with Crippen LogP contribution in [0.25, 0.3) is 0 Å². The largest absolute Gasteiger partial charge is 0.469 e. The van der Waals surface area contributed by atoms with Gasteiger partial charge in [0, 0.05) is 12.0 Å². The van der Waals surface area contributed by atoms with Gasteiger partial charge in [0.15, 0.2) is 5.78 Å². The lowest BCUT2D eigenvalue weighted by Gasteiger charge is -2.04. The van der Waals surface area contributed by atoms with E-state index in [2.05, 4.69) is 5.32 Å². The minimum atomic E-state index is -0.283. The molecule has 2 aromatic rings. The molecule has 0 radical (unpaired) electrons. The van der Waals surface area contributed by atoms with Crippen molar-refractivity contribution >= 4 is 11.7 Å². The molecular weight excluding hydrogens is 242 g/mol. The van der Waals surface area contributed by atoms with Crippen LogP contribution >= 0.6 is 0 Å². The summed E-state index contributed by atoms with van der Waals surface area (Å²) >= 11 is 0. The van der Waals surface area contributed by atoms with Gasteiger partial charge in [-0.3, -0.25) is 9.59 Å². The Kier molecular flexibility index (Phi) is 4.13. The summed E-state index contributed by atoms with van der Waals surface area (Å²) in [5.41, 5.74) is 1.08. The molecule has 0 bridgehead atoms. The predicted molar refractivity (Wildman–Crippen MR) is 71.2 cm³/mol. The Morgan fingerprint density at radius 1 is 1.16 bits per heavy atom. The number of ketones is 1. The number of carbonyl (C=O) groups is 2. The van der Waals surface area contributed by atoms with Gasteiger partial charge >= 0.3 is 0 Å². The van der Waals surface area contributed by atoms with Gasteiger partial charge in [0.2, 0.25) is 0 Å². The molecule has 2 rings (SSSR count). The van der Waals surface area contributed by atoms with Crippen LogP contribution in [-0.4, -0.2) is 18.2 Å². The van der Waals surface area contributed by atoms with Crippen molar-refractivity contribution in [3.63, 3.8) is 0 Å². The van der Waals surface area contributed by atoms with Gasteiger partial charge in [0.25, 0.3) is 5.91 Å². The smallest absolute Gasteiger partial charge is 0.255 e. The fourth-order valence-corrected chi connectivity index (χ4v) is 1.80. The van der Waals surface area contributed by atoms with Gasteiger partial charge in [-0.25, -0.2) is 0 Å². The first kappa shape index (κ1) is 13.1. The van der Waals surface area contributed by atoms with Gasteiger partial charge in [-0.2, -0.15) is 0 Å². The maximum Gasteiger partial charge on any atom is 0.255 e. The fourth-order valence-electron chi connectivity index (χ4n) is 1.80. The maximum atomic E-state index is 11.9. The van der Waals surface area contributed by atoms with Gasteiger partial charge in [0.05, 0.1) is 18.4 Å². The van der Waals surface area contributed by atoms with Crippen LogP contribution in [0.2, 0.25) is 0 Å². The van der Waals surface area contributed by atoms with E-state index in [0.717, 1.165) is 0 Å². The van der Waals surface area contributed by atoms with Crippen molar-refractivity contribution in [2.45, 2.75) is 13.3 Å². The Bertz CT molecular complexity index is 572. The van der Waals surface area contributed by atoms with E-state index >= 15 is 0 Å². The molecule has 1 aromatic carbocycles. The SMILES string of the molecule is CCc1occc1C(=O)NCC(=O)c1ccccc1. The third-order valence-corrected chi connectivity index (χ3v) is 2.82.